The van der Waals surface area contributed by atoms with Gasteiger partial charge in [-0.3, -0.25) is 0 Å². The number of primary sulfonamides is 1. The Hall–Kier alpha value is -3.70. The SMILES string of the molecule is NS(=O)(=O)c1ccc(Nc2nccc(NC3=COC(c4cccc(F)c4)O3)n2)cc1. The van der Waals surface area contributed by atoms with Crippen LogP contribution in [0.15, 0.2) is 77.8 Å². The molecule has 11 heteroatoms. The van der Waals surface area contributed by atoms with Gasteiger partial charge in [-0.2, -0.15) is 4.98 Å². The second-order valence-corrected chi connectivity index (χ2v) is 7.77. The fraction of sp³-hybridized carbons (Fsp3) is 0.0526. The molecule has 2 aromatic carbocycles. The maximum atomic E-state index is 13.4. The lowest BCUT2D eigenvalue weighted by molar-refractivity contribution is -0.0325. The van der Waals surface area contributed by atoms with Crippen LogP contribution in [-0.2, 0) is 19.5 Å². The second-order valence-electron chi connectivity index (χ2n) is 6.21. The molecule has 9 nitrogen and oxygen atoms in total. The minimum atomic E-state index is -3.76. The molecule has 0 saturated carbocycles. The Morgan fingerprint density at radius 3 is 2.60 bits per heavy atom. The minimum Gasteiger partial charge on any atom is -0.453 e. The van der Waals surface area contributed by atoms with Crippen LogP contribution < -0.4 is 15.8 Å². The molecular formula is C19H16FN5O4S. The molecule has 1 atom stereocenters. The Bertz CT molecular complexity index is 1200. The van der Waals surface area contributed by atoms with Gasteiger partial charge in [0.1, 0.15) is 17.9 Å². The lowest BCUT2D eigenvalue weighted by Crippen LogP contribution is -2.11. The van der Waals surface area contributed by atoms with Crippen LogP contribution in [0, 0.1) is 5.82 Å². The van der Waals surface area contributed by atoms with E-state index in [-0.39, 0.29) is 16.7 Å². The highest BCUT2D eigenvalue weighted by molar-refractivity contribution is 7.89. The number of nitrogens with two attached hydrogens (primary N) is 1. The van der Waals surface area contributed by atoms with Crippen LogP contribution in [0.2, 0.25) is 0 Å². The predicted octanol–water partition coefficient (Wildman–Crippen LogP) is 2.96. The zero-order chi connectivity index (χ0) is 21.1. The van der Waals surface area contributed by atoms with Gasteiger partial charge in [0.2, 0.25) is 21.9 Å². The number of hydrogen-bond acceptors (Lipinski definition) is 8. The summed E-state index contributed by atoms with van der Waals surface area (Å²) < 4.78 is 47.0. The van der Waals surface area contributed by atoms with Gasteiger partial charge in [0.05, 0.1) is 4.90 Å². The molecule has 30 heavy (non-hydrogen) atoms. The van der Waals surface area contributed by atoms with Crippen molar-refractivity contribution >= 4 is 27.5 Å². The Morgan fingerprint density at radius 1 is 1.07 bits per heavy atom. The molecule has 0 fully saturated rings. The average Bonchev–Trinajstić information content (AvgIpc) is 3.16. The number of sulfonamides is 1. The van der Waals surface area contributed by atoms with E-state index in [1.54, 1.807) is 30.3 Å². The van der Waals surface area contributed by atoms with Crippen LogP contribution >= 0.6 is 0 Å². The summed E-state index contributed by atoms with van der Waals surface area (Å²) >= 11 is 0. The first-order valence-corrected chi connectivity index (χ1v) is 10.2. The smallest absolute Gasteiger partial charge is 0.268 e. The van der Waals surface area contributed by atoms with Crippen LogP contribution in [0.25, 0.3) is 0 Å². The van der Waals surface area contributed by atoms with Crippen molar-refractivity contribution in [3.63, 3.8) is 0 Å². The van der Waals surface area contributed by atoms with Crippen molar-refractivity contribution in [3.8, 4) is 0 Å². The van der Waals surface area contributed by atoms with Crippen LogP contribution in [0.1, 0.15) is 11.9 Å². The van der Waals surface area contributed by atoms with Gasteiger partial charge in [-0.1, -0.05) is 12.1 Å². The van der Waals surface area contributed by atoms with Crippen molar-refractivity contribution in [1.29, 1.82) is 0 Å². The number of ether oxygens (including phenoxy) is 2. The van der Waals surface area contributed by atoms with E-state index in [4.69, 9.17) is 14.6 Å². The molecule has 4 N–H and O–H groups in total. The van der Waals surface area contributed by atoms with Crippen LogP contribution in [0.5, 0.6) is 0 Å². The molecule has 0 bridgehead atoms. The number of halogens is 1. The van der Waals surface area contributed by atoms with Crippen LogP contribution in [0.3, 0.4) is 0 Å². The van der Waals surface area contributed by atoms with Gasteiger partial charge in [0.25, 0.3) is 6.29 Å². The average molecular weight is 429 g/mol. The van der Waals surface area contributed by atoms with E-state index in [0.29, 0.717) is 23.0 Å². The number of rotatable bonds is 6. The summed E-state index contributed by atoms with van der Waals surface area (Å²) in [5.74, 6) is 0.601. The first-order valence-electron chi connectivity index (χ1n) is 8.64. The molecule has 2 heterocycles. The minimum absolute atomic E-state index is 0.00237. The first-order chi connectivity index (χ1) is 14.4. The Balaban J connectivity index is 1.40. The fourth-order valence-corrected chi connectivity index (χ4v) is 3.14. The molecule has 0 radical (unpaired) electrons. The molecule has 154 valence electrons. The van der Waals surface area contributed by atoms with Gasteiger partial charge in [0, 0.05) is 17.4 Å². The fourth-order valence-electron chi connectivity index (χ4n) is 2.63. The van der Waals surface area contributed by atoms with Crippen molar-refractivity contribution in [2.45, 2.75) is 11.2 Å². The monoisotopic (exact) mass is 429 g/mol. The number of benzene rings is 2. The second kappa shape index (κ2) is 7.97. The summed E-state index contributed by atoms with van der Waals surface area (Å²) in [6.45, 7) is 0. The summed E-state index contributed by atoms with van der Waals surface area (Å²) in [7, 11) is -3.76. The van der Waals surface area contributed by atoms with Crippen molar-refractivity contribution in [3.05, 3.63) is 84.3 Å². The Labute approximate surface area is 171 Å². The van der Waals surface area contributed by atoms with E-state index in [1.807, 2.05) is 0 Å². The van der Waals surface area contributed by atoms with Gasteiger partial charge in [-0.05, 0) is 42.5 Å². The first kappa shape index (κ1) is 19.6. The summed E-state index contributed by atoms with van der Waals surface area (Å²) in [5, 5.41) is 11.0. The van der Waals surface area contributed by atoms with E-state index in [0.717, 1.165) is 0 Å². The topological polar surface area (TPSA) is 128 Å². The zero-order valence-electron chi connectivity index (χ0n) is 15.3. The number of aromatic nitrogens is 2. The van der Waals surface area contributed by atoms with E-state index in [9.17, 15) is 12.8 Å². The maximum Gasteiger partial charge on any atom is 0.268 e. The highest BCUT2D eigenvalue weighted by Crippen LogP contribution is 2.29. The van der Waals surface area contributed by atoms with Gasteiger partial charge < -0.3 is 20.1 Å². The van der Waals surface area contributed by atoms with Gasteiger partial charge in [-0.25, -0.2) is 22.9 Å². The van der Waals surface area contributed by atoms with Gasteiger partial charge in [-0.15, -0.1) is 0 Å². The third kappa shape index (κ3) is 4.64. The maximum absolute atomic E-state index is 13.4. The highest BCUT2D eigenvalue weighted by atomic mass is 32.2. The van der Waals surface area contributed by atoms with Crippen molar-refractivity contribution in [2.75, 3.05) is 10.6 Å². The Kier molecular flexibility index (Phi) is 5.21. The quantitative estimate of drug-likeness (QED) is 0.546. The lowest BCUT2D eigenvalue weighted by Gasteiger charge is -2.13. The van der Waals surface area contributed by atoms with Crippen molar-refractivity contribution < 1.29 is 22.3 Å². The molecule has 3 aromatic rings. The van der Waals surface area contributed by atoms with Gasteiger partial charge >= 0.3 is 0 Å². The predicted molar refractivity (Wildman–Crippen MR) is 106 cm³/mol. The largest absolute Gasteiger partial charge is 0.453 e. The van der Waals surface area contributed by atoms with Crippen LogP contribution in [0.4, 0.5) is 21.8 Å². The number of anilines is 3. The van der Waals surface area contributed by atoms with Crippen molar-refractivity contribution in [2.24, 2.45) is 5.14 Å². The van der Waals surface area contributed by atoms with E-state index >= 15 is 0 Å². The van der Waals surface area contributed by atoms with Gasteiger partial charge in [0.15, 0.2) is 0 Å². The van der Waals surface area contributed by atoms with E-state index < -0.39 is 16.3 Å². The number of hydrogen-bond donors (Lipinski definition) is 3. The molecular weight excluding hydrogens is 413 g/mol. The molecule has 0 saturated heterocycles. The molecule has 1 unspecified atom stereocenters. The molecule has 1 aliphatic heterocycles. The van der Waals surface area contributed by atoms with E-state index in [2.05, 4.69) is 20.6 Å². The highest BCUT2D eigenvalue weighted by Gasteiger charge is 2.22. The molecule has 1 aromatic heterocycles. The summed E-state index contributed by atoms with van der Waals surface area (Å²) in [6, 6.07) is 13.4. The summed E-state index contributed by atoms with van der Waals surface area (Å²) in [5.41, 5.74) is 1.11. The third-order valence-electron chi connectivity index (χ3n) is 4.00. The normalized spacial score (nSPS) is 15.7. The summed E-state index contributed by atoms with van der Waals surface area (Å²) in [6.07, 6.45) is 2.13. The number of nitrogens with one attached hydrogen (secondary N) is 2. The molecule has 0 amide bonds. The third-order valence-corrected chi connectivity index (χ3v) is 4.93. The van der Waals surface area contributed by atoms with Crippen molar-refractivity contribution in [1.82, 2.24) is 9.97 Å². The van der Waals surface area contributed by atoms with Crippen LogP contribution in [-0.4, -0.2) is 18.4 Å². The lowest BCUT2D eigenvalue weighted by atomic mass is 10.2. The number of nitrogens with zero attached hydrogens (tertiary/aromatic N) is 2. The zero-order valence-corrected chi connectivity index (χ0v) is 16.1. The molecule has 1 aliphatic rings. The molecule has 0 spiro atoms. The standard InChI is InChI=1S/C19H16FN5O4S/c20-13-3-1-2-12(10-13)18-28-11-17(29-18)24-16-8-9-22-19(25-16)23-14-4-6-15(7-5-14)30(21,26)27/h1-11,18H,(H2,21,26,27)(H2,22,23,24,25). The Morgan fingerprint density at radius 2 is 1.87 bits per heavy atom. The van der Waals surface area contributed by atoms with E-state index in [1.165, 1.54) is 36.7 Å². The summed E-state index contributed by atoms with van der Waals surface area (Å²) in [4.78, 5) is 8.42. The molecule has 4 rings (SSSR count). The molecule has 0 aliphatic carbocycles.